The topological polar surface area (TPSA) is 84.2 Å². The molecule has 0 radical (unpaired) electrons. The van der Waals surface area contributed by atoms with Crippen molar-refractivity contribution in [3.63, 3.8) is 0 Å². The van der Waals surface area contributed by atoms with E-state index in [1.54, 1.807) is 25.2 Å². The van der Waals surface area contributed by atoms with E-state index in [4.69, 9.17) is 5.11 Å². The molecule has 0 saturated carbocycles. The van der Waals surface area contributed by atoms with Gasteiger partial charge in [-0.15, -0.1) is 0 Å². The van der Waals surface area contributed by atoms with Gasteiger partial charge in [0, 0.05) is 12.7 Å². The number of nitrogens with one attached hydrogen (secondary N) is 1. The number of amides is 1. The summed E-state index contributed by atoms with van der Waals surface area (Å²) in [5.74, 6) is -1.03. The lowest BCUT2D eigenvalue weighted by molar-refractivity contribution is 0.0696. The third-order valence-corrected chi connectivity index (χ3v) is 3.11. The van der Waals surface area contributed by atoms with Gasteiger partial charge in [0.1, 0.15) is 5.69 Å². The van der Waals surface area contributed by atoms with Gasteiger partial charge in [-0.2, -0.15) is 5.10 Å². The number of rotatable bonds is 4. The van der Waals surface area contributed by atoms with E-state index in [2.05, 4.69) is 10.4 Å². The first kappa shape index (κ1) is 14.8. The van der Waals surface area contributed by atoms with Crippen molar-refractivity contribution >= 4 is 17.6 Å². The standard InChI is InChI=1S/C15H17N3O3/c1-9(2)12-8-13(18(3)17-12)14(19)16-11-6-4-10(5-7-11)15(20)21/h4-9H,1-3H3,(H,16,19)(H,20,21). The fourth-order valence-electron chi connectivity index (χ4n) is 1.88. The summed E-state index contributed by atoms with van der Waals surface area (Å²) in [4.78, 5) is 23.0. The van der Waals surface area contributed by atoms with Crippen molar-refractivity contribution in [1.29, 1.82) is 0 Å². The minimum absolute atomic E-state index is 0.177. The summed E-state index contributed by atoms with van der Waals surface area (Å²) in [6.07, 6.45) is 0. The van der Waals surface area contributed by atoms with Crippen LogP contribution in [0.1, 0.15) is 46.3 Å². The lowest BCUT2D eigenvalue weighted by Gasteiger charge is -2.05. The van der Waals surface area contributed by atoms with Crippen LogP contribution in [0.15, 0.2) is 30.3 Å². The van der Waals surface area contributed by atoms with E-state index < -0.39 is 5.97 Å². The van der Waals surface area contributed by atoms with Crippen LogP contribution < -0.4 is 5.32 Å². The number of carboxylic acids is 1. The van der Waals surface area contributed by atoms with Gasteiger partial charge in [0.15, 0.2) is 0 Å². The fourth-order valence-corrected chi connectivity index (χ4v) is 1.88. The van der Waals surface area contributed by atoms with Crippen LogP contribution in [0.4, 0.5) is 5.69 Å². The average Bonchev–Trinajstić information content (AvgIpc) is 2.81. The number of carbonyl (C=O) groups is 2. The molecule has 0 aliphatic heterocycles. The lowest BCUT2D eigenvalue weighted by Crippen LogP contribution is -2.16. The minimum Gasteiger partial charge on any atom is -0.478 e. The van der Waals surface area contributed by atoms with Crippen molar-refractivity contribution < 1.29 is 14.7 Å². The summed E-state index contributed by atoms with van der Waals surface area (Å²) in [5, 5.41) is 15.8. The molecule has 0 fully saturated rings. The van der Waals surface area contributed by atoms with Crippen LogP contribution in [0.2, 0.25) is 0 Å². The molecule has 0 unspecified atom stereocenters. The van der Waals surface area contributed by atoms with Gasteiger partial charge in [-0.3, -0.25) is 9.48 Å². The van der Waals surface area contributed by atoms with Crippen LogP contribution in [-0.2, 0) is 7.05 Å². The summed E-state index contributed by atoms with van der Waals surface area (Å²) < 4.78 is 1.54. The smallest absolute Gasteiger partial charge is 0.335 e. The number of aromatic carboxylic acids is 1. The predicted molar refractivity (Wildman–Crippen MR) is 78.7 cm³/mol. The molecule has 2 rings (SSSR count). The molecule has 0 atom stereocenters. The summed E-state index contributed by atoms with van der Waals surface area (Å²) >= 11 is 0. The van der Waals surface area contributed by atoms with Crippen molar-refractivity contribution in [3.8, 4) is 0 Å². The Bertz CT molecular complexity index is 672. The number of hydrogen-bond donors (Lipinski definition) is 2. The highest BCUT2D eigenvalue weighted by Gasteiger charge is 2.15. The monoisotopic (exact) mass is 287 g/mol. The zero-order chi connectivity index (χ0) is 15.6. The Balaban J connectivity index is 2.16. The molecule has 2 aromatic rings. The number of hydrogen-bond acceptors (Lipinski definition) is 3. The predicted octanol–water partition coefficient (Wildman–Crippen LogP) is 2.49. The molecule has 1 amide bonds. The Morgan fingerprint density at radius 1 is 1.24 bits per heavy atom. The molecule has 0 aliphatic carbocycles. The molecule has 2 N–H and O–H groups in total. The third-order valence-electron chi connectivity index (χ3n) is 3.11. The van der Waals surface area contributed by atoms with E-state index in [0.29, 0.717) is 11.4 Å². The van der Waals surface area contributed by atoms with Gasteiger partial charge in [-0.05, 0) is 36.2 Å². The third kappa shape index (κ3) is 3.28. The number of aromatic nitrogens is 2. The maximum Gasteiger partial charge on any atom is 0.335 e. The zero-order valence-electron chi connectivity index (χ0n) is 12.1. The molecule has 0 aliphatic rings. The van der Waals surface area contributed by atoms with Crippen molar-refractivity contribution in [1.82, 2.24) is 9.78 Å². The van der Waals surface area contributed by atoms with Gasteiger partial charge >= 0.3 is 5.97 Å². The van der Waals surface area contributed by atoms with Crippen LogP contribution in [0.3, 0.4) is 0 Å². The Morgan fingerprint density at radius 2 is 1.86 bits per heavy atom. The van der Waals surface area contributed by atoms with Crippen molar-refractivity contribution in [2.75, 3.05) is 5.32 Å². The summed E-state index contributed by atoms with van der Waals surface area (Å²) in [6.45, 7) is 4.02. The van der Waals surface area contributed by atoms with Gasteiger partial charge in [0.05, 0.1) is 11.3 Å². The molecule has 1 aromatic heterocycles. The van der Waals surface area contributed by atoms with Crippen LogP contribution in [0.5, 0.6) is 0 Å². The van der Waals surface area contributed by atoms with E-state index in [1.807, 2.05) is 13.8 Å². The number of benzene rings is 1. The molecule has 6 nitrogen and oxygen atoms in total. The molecule has 0 saturated heterocycles. The maximum absolute atomic E-state index is 12.2. The van der Waals surface area contributed by atoms with Crippen LogP contribution in [0, 0.1) is 0 Å². The first-order valence-electron chi connectivity index (χ1n) is 6.57. The van der Waals surface area contributed by atoms with E-state index in [0.717, 1.165) is 5.69 Å². The summed E-state index contributed by atoms with van der Waals surface area (Å²) in [6, 6.07) is 7.76. The van der Waals surface area contributed by atoms with Gasteiger partial charge in [0.2, 0.25) is 0 Å². The van der Waals surface area contributed by atoms with E-state index in [-0.39, 0.29) is 17.4 Å². The van der Waals surface area contributed by atoms with Gasteiger partial charge in [-0.1, -0.05) is 13.8 Å². The second kappa shape index (κ2) is 5.78. The number of aryl methyl sites for hydroxylation is 1. The van der Waals surface area contributed by atoms with Crippen LogP contribution >= 0.6 is 0 Å². The zero-order valence-corrected chi connectivity index (χ0v) is 12.1. The normalized spacial score (nSPS) is 10.7. The maximum atomic E-state index is 12.2. The number of nitrogens with zero attached hydrogens (tertiary/aromatic N) is 2. The number of carboxylic acid groups (broad SMARTS) is 1. The molecule has 21 heavy (non-hydrogen) atoms. The van der Waals surface area contributed by atoms with Crippen molar-refractivity contribution in [2.45, 2.75) is 19.8 Å². The van der Waals surface area contributed by atoms with Gasteiger partial charge in [-0.25, -0.2) is 4.79 Å². The first-order chi connectivity index (χ1) is 9.88. The second-order valence-electron chi connectivity index (χ2n) is 5.07. The SMILES string of the molecule is CC(C)c1cc(C(=O)Nc2ccc(C(=O)O)cc2)n(C)n1. The molecule has 1 aromatic carbocycles. The quantitative estimate of drug-likeness (QED) is 0.904. The molecule has 0 bridgehead atoms. The molecule has 0 spiro atoms. The molecular weight excluding hydrogens is 270 g/mol. The molecule has 110 valence electrons. The van der Waals surface area contributed by atoms with Crippen molar-refractivity contribution in [2.24, 2.45) is 7.05 Å². The lowest BCUT2D eigenvalue weighted by atomic mass is 10.1. The average molecular weight is 287 g/mol. The highest BCUT2D eigenvalue weighted by Crippen LogP contribution is 2.16. The van der Waals surface area contributed by atoms with E-state index in [9.17, 15) is 9.59 Å². The Morgan fingerprint density at radius 3 is 2.33 bits per heavy atom. The van der Waals surface area contributed by atoms with Crippen molar-refractivity contribution in [3.05, 3.63) is 47.3 Å². The first-order valence-corrected chi connectivity index (χ1v) is 6.57. The molecular formula is C15H17N3O3. The second-order valence-corrected chi connectivity index (χ2v) is 5.07. The van der Waals surface area contributed by atoms with E-state index >= 15 is 0 Å². The van der Waals surface area contributed by atoms with Gasteiger partial charge in [0.25, 0.3) is 5.91 Å². The largest absolute Gasteiger partial charge is 0.478 e. The van der Waals surface area contributed by atoms with Crippen LogP contribution in [-0.4, -0.2) is 26.8 Å². The Kier molecular flexibility index (Phi) is 4.07. The molecule has 6 heteroatoms. The fraction of sp³-hybridized carbons (Fsp3) is 0.267. The molecule has 1 heterocycles. The van der Waals surface area contributed by atoms with Crippen LogP contribution in [0.25, 0.3) is 0 Å². The number of anilines is 1. The van der Waals surface area contributed by atoms with Gasteiger partial charge < -0.3 is 10.4 Å². The minimum atomic E-state index is -0.999. The van der Waals surface area contributed by atoms with E-state index in [1.165, 1.54) is 16.8 Å². The highest BCUT2D eigenvalue weighted by molar-refractivity contribution is 6.03. The number of carbonyl (C=O) groups excluding carboxylic acids is 1. The highest BCUT2D eigenvalue weighted by atomic mass is 16.4. The Hall–Kier alpha value is -2.63. The summed E-state index contributed by atoms with van der Waals surface area (Å²) in [7, 11) is 1.72. The summed E-state index contributed by atoms with van der Waals surface area (Å²) in [5.41, 5.74) is 2.03. The Labute approximate surface area is 122 Å².